The van der Waals surface area contributed by atoms with E-state index in [9.17, 15) is 0 Å². The summed E-state index contributed by atoms with van der Waals surface area (Å²) in [7, 11) is 1.78. The predicted molar refractivity (Wildman–Crippen MR) is 89.1 cm³/mol. The van der Waals surface area contributed by atoms with Crippen LogP contribution in [0.1, 0.15) is 74.0 Å². The number of ether oxygens (including phenoxy) is 1. The molecule has 0 saturated heterocycles. The Labute approximate surface area is 130 Å². The van der Waals surface area contributed by atoms with Crippen LogP contribution in [0.3, 0.4) is 0 Å². The molecular formula is C20H30O. The molecule has 2 aliphatic rings. The fourth-order valence-electron chi connectivity index (χ4n) is 4.90. The molecule has 3 rings (SSSR count). The molecule has 0 amide bonds. The standard InChI is InChI=1S/C20H30O/c1-14-10-18(11-15(2)20(14)21-3)19-12-16-8-6-4-5-7-9-17(16)13-19/h10-11,16-17,19H,4-9,12-13H2,1-3H3/t16-,17?,19?/m1/s1. The van der Waals surface area contributed by atoms with Crippen molar-refractivity contribution in [2.24, 2.45) is 11.8 Å². The Bertz CT molecular complexity index is 452. The Morgan fingerprint density at radius 1 is 0.857 bits per heavy atom. The Balaban J connectivity index is 1.79. The normalized spacial score (nSPS) is 29.6. The summed E-state index contributed by atoms with van der Waals surface area (Å²) in [6.07, 6.45) is 11.7. The zero-order valence-electron chi connectivity index (χ0n) is 14.0. The van der Waals surface area contributed by atoms with E-state index in [1.165, 1.54) is 62.5 Å². The van der Waals surface area contributed by atoms with Crippen LogP contribution in [0.25, 0.3) is 0 Å². The van der Waals surface area contributed by atoms with Crippen molar-refractivity contribution >= 4 is 0 Å². The number of aryl methyl sites for hydroxylation is 2. The second kappa shape index (κ2) is 6.42. The molecule has 21 heavy (non-hydrogen) atoms. The molecule has 1 nitrogen and oxygen atoms in total. The SMILES string of the molecule is COc1c(C)cc(C2CC3CCCCCC[C@@H]3C2)cc1C. The Morgan fingerprint density at radius 2 is 1.38 bits per heavy atom. The van der Waals surface area contributed by atoms with E-state index < -0.39 is 0 Å². The molecule has 0 heterocycles. The monoisotopic (exact) mass is 286 g/mol. The van der Waals surface area contributed by atoms with Gasteiger partial charge in [0.05, 0.1) is 7.11 Å². The largest absolute Gasteiger partial charge is 0.496 e. The summed E-state index contributed by atoms with van der Waals surface area (Å²) in [6.45, 7) is 4.38. The highest BCUT2D eigenvalue weighted by Crippen LogP contribution is 2.48. The number of hydrogen-bond donors (Lipinski definition) is 0. The lowest BCUT2D eigenvalue weighted by Gasteiger charge is -2.21. The van der Waals surface area contributed by atoms with Crippen molar-refractivity contribution in [2.75, 3.05) is 7.11 Å². The summed E-state index contributed by atoms with van der Waals surface area (Å²) in [5, 5.41) is 0. The van der Waals surface area contributed by atoms with E-state index in [-0.39, 0.29) is 0 Å². The number of benzene rings is 1. The number of methoxy groups -OCH3 is 1. The molecule has 0 N–H and O–H groups in total. The van der Waals surface area contributed by atoms with Crippen LogP contribution in [0.4, 0.5) is 0 Å². The van der Waals surface area contributed by atoms with Crippen molar-refractivity contribution in [2.45, 2.75) is 71.1 Å². The van der Waals surface area contributed by atoms with E-state index >= 15 is 0 Å². The highest BCUT2D eigenvalue weighted by atomic mass is 16.5. The van der Waals surface area contributed by atoms with Crippen LogP contribution in [0.2, 0.25) is 0 Å². The third-order valence-electron chi connectivity index (χ3n) is 5.90. The molecule has 2 aliphatic carbocycles. The topological polar surface area (TPSA) is 9.23 Å². The Morgan fingerprint density at radius 3 is 1.86 bits per heavy atom. The molecule has 1 aromatic carbocycles. The van der Waals surface area contributed by atoms with E-state index in [4.69, 9.17) is 4.74 Å². The molecule has 0 spiro atoms. The third kappa shape index (κ3) is 3.12. The highest BCUT2D eigenvalue weighted by Gasteiger charge is 2.34. The summed E-state index contributed by atoms with van der Waals surface area (Å²) in [4.78, 5) is 0. The quantitative estimate of drug-likeness (QED) is 0.670. The van der Waals surface area contributed by atoms with Crippen LogP contribution in [0.5, 0.6) is 5.75 Å². The van der Waals surface area contributed by atoms with Gasteiger partial charge in [0.15, 0.2) is 0 Å². The number of fused-ring (bicyclic) bond motifs is 1. The maximum absolute atomic E-state index is 5.52. The first kappa shape index (κ1) is 14.9. The van der Waals surface area contributed by atoms with Gasteiger partial charge in [-0.2, -0.15) is 0 Å². The van der Waals surface area contributed by atoms with Gasteiger partial charge in [-0.05, 0) is 61.1 Å². The zero-order chi connectivity index (χ0) is 14.8. The lowest BCUT2D eigenvalue weighted by Crippen LogP contribution is -2.09. The molecule has 1 aromatic rings. The van der Waals surface area contributed by atoms with Crippen molar-refractivity contribution in [3.05, 3.63) is 28.8 Å². The van der Waals surface area contributed by atoms with Gasteiger partial charge in [-0.3, -0.25) is 0 Å². The minimum atomic E-state index is 0.793. The Kier molecular flexibility index (Phi) is 4.57. The van der Waals surface area contributed by atoms with E-state index in [1.54, 1.807) is 12.7 Å². The van der Waals surface area contributed by atoms with Crippen LogP contribution < -0.4 is 4.74 Å². The third-order valence-corrected chi connectivity index (χ3v) is 5.90. The van der Waals surface area contributed by atoms with Gasteiger partial charge in [0.1, 0.15) is 5.75 Å². The minimum absolute atomic E-state index is 0.793. The van der Waals surface area contributed by atoms with Gasteiger partial charge in [-0.15, -0.1) is 0 Å². The lowest BCUT2D eigenvalue weighted by atomic mass is 9.84. The summed E-state index contributed by atoms with van der Waals surface area (Å²) in [5.74, 6) is 3.86. The summed E-state index contributed by atoms with van der Waals surface area (Å²) >= 11 is 0. The molecule has 2 unspecified atom stereocenters. The summed E-state index contributed by atoms with van der Waals surface area (Å²) in [6, 6.07) is 4.77. The number of rotatable bonds is 2. The molecule has 116 valence electrons. The van der Waals surface area contributed by atoms with Crippen LogP contribution >= 0.6 is 0 Å². The van der Waals surface area contributed by atoms with Crippen molar-refractivity contribution in [1.82, 2.24) is 0 Å². The van der Waals surface area contributed by atoms with Gasteiger partial charge in [0.2, 0.25) is 0 Å². The van der Waals surface area contributed by atoms with Crippen molar-refractivity contribution in [1.29, 1.82) is 0 Å². The molecule has 0 bridgehead atoms. The first-order chi connectivity index (χ1) is 10.2. The maximum atomic E-state index is 5.52. The van der Waals surface area contributed by atoms with Crippen molar-refractivity contribution < 1.29 is 4.74 Å². The molecule has 0 aliphatic heterocycles. The van der Waals surface area contributed by atoms with E-state index in [0.29, 0.717) is 0 Å². The minimum Gasteiger partial charge on any atom is -0.496 e. The smallest absolute Gasteiger partial charge is 0.124 e. The van der Waals surface area contributed by atoms with E-state index in [2.05, 4.69) is 26.0 Å². The van der Waals surface area contributed by atoms with E-state index in [1.807, 2.05) is 0 Å². The molecule has 2 fully saturated rings. The first-order valence-electron chi connectivity index (χ1n) is 8.84. The highest BCUT2D eigenvalue weighted by molar-refractivity contribution is 5.44. The molecule has 2 saturated carbocycles. The molecular weight excluding hydrogens is 256 g/mol. The molecule has 3 atom stereocenters. The fourth-order valence-corrected chi connectivity index (χ4v) is 4.90. The molecule has 0 radical (unpaired) electrons. The zero-order valence-corrected chi connectivity index (χ0v) is 14.0. The number of hydrogen-bond acceptors (Lipinski definition) is 1. The summed E-state index contributed by atoms with van der Waals surface area (Å²) in [5.41, 5.74) is 4.17. The average molecular weight is 286 g/mol. The molecule has 1 heteroatoms. The predicted octanol–water partition coefficient (Wildman–Crippen LogP) is 5.78. The second-order valence-electron chi connectivity index (χ2n) is 7.37. The van der Waals surface area contributed by atoms with Gasteiger partial charge < -0.3 is 4.74 Å². The van der Waals surface area contributed by atoms with Crippen LogP contribution in [-0.2, 0) is 0 Å². The van der Waals surface area contributed by atoms with Crippen LogP contribution in [-0.4, -0.2) is 7.11 Å². The van der Waals surface area contributed by atoms with Gasteiger partial charge in [-0.1, -0.05) is 50.7 Å². The lowest BCUT2D eigenvalue weighted by molar-refractivity contribution is 0.301. The van der Waals surface area contributed by atoms with Gasteiger partial charge in [0, 0.05) is 0 Å². The van der Waals surface area contributed by atoms with Gasteiger partial charge >= 0.3 is 0 Å². The fraction of sp³-hybridized carbons (Fsp3) is 0.700. The van der Waals surface area contributed by atoms with Gasteiger partial charge in [0.25, 0.3) is 0 Å². The molecule has 0 aromatic heterocycles. The first-order valence-corrected chi connectivity index (χ1v) is 8.84. The average Bonchev–Trinajstić information content (AvgIpc) is 2.81. The summed E-state index contributed by atoms with van der Waals surface area (Å²) < 4.78 is 5.52. The Hall–Kier alpha value is -0.980. The van der Waals surface area contributed by atoms with Crippen molar-refractivity contribution in [3.63, 3.8) is 0 Å². The second-order valence-corrected chi connectivity index (χ2v) is 7.37. The maximum Gasteiger partial charge on any atom is 0.124 e. The van der Waals surface area contributed by atoms with Crippen molar-refractivity contribution in [3.8, 4) is 5.75 Å². The van der Waals surface area contributed by atoms with Gasteiger partial charge in [-0.25, -0.2) is 0 Å². The van der Waals surface area contributed by atoms with Crippen LogP contribution in [0, 0.1) is 25.7 Å². The van der Waals surface area contributed by atoms with Crippen LogP contribution in [0.15, 0.2) is 12.1 Å². The van der Waals surface area contributed by atoms with E-state index in [0.717, 1.165) is 23.5 Å².